The van der Waals surface area contributed by atoms with Gasteiger partial charge in [0.05, 0.1) is 6.10 Å². The number of hydrogen-bond donors (Lipinski definition) is 1. The van der Waals surface area contributed by atoms with Crippen molar-refractivity contribution in [1.82, 2.24) is 4.90 Å². The molecule has 6 aliphatic carbocycles. The van der Waals surface area contributed by atoms with Crippen LogP contribution in [-0.4, -0.2) is 47.3 Å². The molecule has 7 aliphatic rings. The van der Waals surface area contributed by atoms with Gasteiger partial charge in [-0.3, -0.25) is 9.69 Å². The van der Waals surface area contributed by atoms with Crippen LogP contribution in [0.2, 0.25) is 0 Å². The van der Waals surface area contributed by atoms with E-state index in [4.69, 9.17) is 4.74 Å². The third-order valence-corrected chi connectivity index (χ3v) is 10.7. The molecule has 1 aliphatic heterocycles. The van der Waals surface area contributed by atoms with Crippen molar-refractivity contribution in [3.63, 3.8) is 0 Å². The maximum Gasteiger partial charge on any atom is 0.303 e. The van der Waals surface area contributed by atoms with Gasteiger partial charge in [0, 0.05) is 36.8 Å². The molecule has 4 nitrogen and oxygen atoms in total. The van der Waals surface area contributed by atoms with Gasteiger partial charge in [0.25, 0.3) is 0 Å². The average Bonchev–Trinajstić information content (AvgIpc) is 3.05. The number of esters is 1. The molecule has 10 unspecified atom stereocenters. The smallest absolute Gasteiger partial charge is 0.303 e. The molecule has 0 aromatic carbocycles. The predicted octanol–water partition coefficient (Wildman–Crippen LogP) is 3.39. The predicted molar refractivity (Wildman–Crippen MR) is 106 cm³/mol. The monoisotopic (exact) mass is 385 g/mol. The van der Waals surface area contributed by atoms with Gasteiger partial charge in [-0.2, -0.15) is 0 Å². The molecule has 7 rings (SSSR count). The molecule has 1 saturated heterocycles. The first-order valence-electron chi connectivity index (χ1n) is 11.6. The second kappa shape index (κ2) is 5.24. The zero-order valence-corrected chi connectivity index (χ0v) is 17.6. The first-order chi connectivity index (χ1) is 13.3. The highest BCUT2D eigenvalue weighted by molar-refractivity contribution is 5.67. The number of aliphatic hydroxyl groups excluding tert-OH is 1. The van der Waals surface area contributed by atoms with Gasteiger partial charge >= 0.3 is 5.97 Å². The lowest BCUT2D eigenvalue weighted by Crippen LogP contribution is -2.69. The van der Waals surface area contributed by atoms with Crippen LogP contribution in [0.5, 0.6) is 0 Å². The van der Waals surface area contributed by atoms with E-state index >= 15 is 0 Å². The zero-order chi connectivity index (χ0) is 19.6. The highest BCUT2D eigenvalue weighted by Gasteiger charge is 2.84. The Morgan fingerprint density at radius 1 is 1.32 bits per heavy atom. The van der Waals surface area contributed by atoms with Crippen LogP contribution in [0.3, 0.4) is 0 Å². The number of piperidine rings is 1. The maximum atomic E-state index is 12.1. The number of aliphatic hydroxyl groups is 1. The lowest BCUT2D eigenvalue weighted by molar-refractivity contribution is -0.233. The number of carbonyl (C=O) groups excluding carboxylic acids is 1. The summed E-state index contributed by atoms with van der Waals surface area (Å²) in [6, 6.07) is 0.554. The molecular formula is C24H35NO3. The molecular weight excluding hydrogens is 350 g/mol. The Morgan fingerprint density at radius 2 is 2.11 bits per heavy atom. The molecule has 0 radical (unpaired) electrons. The summed E-state index contributed by atoms with van der Waals surface area (Å²) in [5, 5.41) is 11.7. The van der Waals surface area contributed by atoms with E-state index < -0.39 is 0 Å². The van der Waals surface area contributed by atoms with Crippen LogP contribution in [0, 0.1) is 39.9 Å². The van der Waals surface area contributed by atoms with E-state index in [-0.39, 0.29) is 40.8 Å². The second-order valence-corrected chi connectivity index (χ2v) is 11.3. The molecule has 2 spiro atoms. The van der Waals surface area contributed by atoms with Crippen molar-refractivity contribution >= 4 is 5.97 Å². The largest absolute Gasteiger partial charge is 0.457 e. The van der Waals surface area contributed by atoms with Crippen molar-refractivity contribution in [3.8, 4) is 0 Å². The SMILES string of the molecule is C=C1C2CCC3(C1OC(C)=O)C1CC4C5(C)CCCC4(C1N(CC)C5)C3C2O. The molecule has 28 heavy (non-hydrogen) atoms. The molecule has 1 N–H and O–H groups in total. The van der Waals surface area contributed by atoms with Gasteiger partial charge in [0.15, 0.2) is 0 Å². The Hall–Kier alpha value is -0.870. The van der Waals surface area contributed by atoms with Crippen LogP contribution >= 0.6 is 0 Å². The fourth-order valence-electron chi connectivity index (χ4n) is 10.4. The third kappa shape index (κ3) is 1.65. The Labute approximate surface area is 168 Å². The van der Waals surface area contributed by atoms with Gasteiger partial charge in [-0.1, -0.05) is 26.8 Å². The minimum Gasteiger partial charge on any atom is -0.457 e. The van der Waals surface area contributed by atoms with Crippen molar-refractivity contribution in [2.24, 2.45) is 39.9 Å². The number of carbonyl (C=O) groups is 1. The van der Waals surface area contributed by atoms with Gasteiger partial charge in [-0.25, -0.2) is 0 Å². The molecule has 0 aromatic heterocycles. The number of ether oxygens (including phenoxy) is 1. The first kappa shape index (κ1) is 17.9. The zero-order valence-electron chi connectivity index (χ0n) is 17.6. The van der Waals surface area contributed by atoms with Crippen molar-refractivity contribution in [2.45, 2.75) is 77.5 Å². The van der Waals surface area contributed by atoms with E-state index in [1.807, 2.05) is 0 Å². The van der Waals surface area contributed by atoms with Crippen LogP contribution in [0.4, 0.5) is 0 Å². The fraction of sp³-hybridized carbons (Fsp3) is 0.875. The second-order valence-electron chi connectivity index (χ2n) is 11.3. The van der Waals surface area contributed by atoms with E-state index in [9.17, 15) is 9.90 Å². The standard InChI is InChI=1S/C24H35NO3/c1-5-25-12-22(4)8-6-9-24-17(22)11-16(20(24)25)23-10-7-15(18(27)19(23)24)13(2)21(23)28-14(3)26/h15-21,27H,2,5-12H2,1,3-4H3. The normalized spacial score (nSPS) is 58.7. The van der Waals surface area contributed by atoms with Crippen LogP contribution in [0.15, 0.2) is 12.2 Å². The minimum absolute atomic E-state index is 0.0892. The summed E-state index contributed by atoms with van der Waals surface area (Å²) in [5.74, 6) is 1.44. The molecule has 0 amide bonds. The summed E-state index contributed by atoms with van der Waals surface area (Å²) >= 11 is 0. The average molecular weight is 386 g/mol. The lowest BCUT2D eigenvalue weighted by atomic mass is 9.39. The Kier molecular flexibility index (Phi) is 3.36. The number of nitrogens with zero attached hydrogens (tertiary/aromatic N) is 1. The minimum atomic E-state index is -0.303. The number of hydrogen-bond acceptors (Lipinski definition) is 4. The summed E-state index contributed by atoms with van der Waals surface area (Å²) in [6.07, 6.45) is 6.75. The van der Waals surface area contributed by atoms with Gasteiger partial charge in [0.1, 0.15) is 6.10 Å². The maximum absolute atomic E-state index is 12.1. The Morgan fingerprint density at radius 3 is 2.82 bits per heavy atom. The summed E-state index contributed by atoms with van der Waals surface area (Å²) in [6.45, 7) is 13.1. The van der Waals surface area contributed by atoms with Crippen LogP contribution in [0.25, 0.3) is 0 Å². The summed E-state index contributed by atoms with van der Waals surface area (Å²) < 4.78 is 6.05. The fourth-order valence-corrected chi connectivity index (χ4v) is 10.4. The van der Waals surface area contributed by atoms with E-state index in [0.29, 0.717) is 17.4 Å². The highest BCUT2D eigenvalue weighted by atomic mass is 16.5. The lowest BCUT2D eigenvalue weighted by Gasteiger charge is -2.68. The topological polar surface area (TPSA) is 49.8 Å². The number of likely N-dealkylation sites (tertiary alicyclic amines) is 1. The Balaban J connectivity index is 1.57. The summed E-state index contributed by atoms with van der Waals surface area (Å²) in [5.41, 5.74) is 1.51. The molecule has 4 heteroatoms. The summed E-state index contributed by atoms with van der Waals surface area (Å²) in [4.78, 5) is 14.9. The van der Waals surface area contributed by atoms with Gasteiger partial charge in [-0.05, 0) is 66.9 Å². The molecule has 1 heterocycles. The Bertz CT molecular complexity index is 765. The van der Waals surface area contributed by atoms with Crippen molar-refractivity contribution in [3.05, 3.63) is 12.2 Å². The van der Waals surface area contributed by atoms with Crippen molar-refractivity contribution in [2.75, 3.05) is 13.1 Å². The first-order valence-corrected chi connectivity index (χ1v) is 11.6. The van der Waals surface area contributed by atoms with Crippen molar-refractivity contribution in [1.29, 1.82) is 0 Å². The van der Waals surface area contributed by atoms with Crippen molar-refractivity contribution < 1.29 is 14.6 Å². The van der Waals surface area contributed by atoms with E-state index in [1.165, 1.54) is 39.2 Å². The van der Waals surface area contributed by atoms with Crippen LogP contribution in [-0.2, 0) is 9.53 Å². The van der Waals surface area contributed by atoms with Crippen LogP contribution in [0.1, 0.15) is 59.3 Å². The third-order valence-electron chi connectivity index (χ3n) is 10.7. The number of fused-ring (bicyclic) bond motifs is 2. The molecule has 7 fully saturated rings. The quantitative estimate of drug-likeness (QED) is 0.585. The molecule has 7 bridgehead atoms. The molecule has 0 aromatic rings. The van der Waals surface area contributed by atoms with E-state index in [2.05, 4.69) is 25.3 Å². The molecule has 6 saturated carbocycles. The van der Waals surface area contributed by atoms with Crippen LogP contribution < -0.4 is 0 Å². The highest BCUT2D eigenvalue weighted by Crippen LogP contribution is 2.83. The van der Waals surface area contributed by atoms with E-state index in [1.54, 1.807) is 0 Å². The molecule has 154 valence electrons. The van der Waals surface area contributed by atoms with Gasteiger partial charge in [0.2, 0.25) is 0 Å². The summed E-state index contributed by atoms with van der Waals surface area (Å²) in [7, 11) is 0. The number of rotatable bonds is 2. The van der Waals surface area contributed by atoms with Gasteiger partial charge in [-0.15, -0.1) is 0 Å². The molecule has 10 atom stereocenters. The van der Waals surface area contributed by atoms with Gasteiger partial charge < -0.3 is 9.84 Å². The van der Waals surface area contributed by atoms with E-state index in [0.717, 1.165) is 30.9 Å².